The number of hydrogen-bond donors (Lipinski definition) is 2. The van der Waals surface area contributed by atoms with Gasteiger partial charge >= 0.3 is 0 Å². The SMILES string of the molecule is CS(=O)(=O)N1CCC(C(=O)N[C@H]2CCCCNC2=O)CC1. The van der Waals surface area contributed by atoms with Crippen molar-refractivity contribution in [3.8, 4) is 0 Å². The molecule has 2 N–H and O–H groups in total. The van der Waals surface area contributed by atoms with E-state index in [4.69, 9.17) is 0 Å². The molecule has 0 radical (unpaired) electrons. The van der Waals surface area contributed by atoms with Crippen LogP contribution in [0, 0.1) is 5.92 Å². The van der Waals surface area contributed by atoms with Crippen LogP contribution in [0.25, 0.3) is 0 Å². The van der Waals surface area contributed by atoms with E-state index in [1.807, 2.05) is 0 Å². The maximum atomic E-state index is 12.2. The molecule has 0 saturated carbocycles. The topological polar surface area (TPSA) is 95.6 Å². The molecule has 2 amide bonds. The average Bonchev–Trinajstić information content (AvgIpc) is 2.63. The Bertz CT molecular complexity index is 498. The number of carbonyl (C=O) groups is 2. The van der Waals surface area contributed by atoms with Gasteiger partial charge in [-0.1, -0.05) is 0 Å². The summed E-state index contributed by atoms with van der Waals surface area (Å²) in [6.07, 6.45) is 4.71. The van der Waals surface area contributed by atoms with Crippen LogP contribution in [0.3, 0.4) is 0 Å². The Morgan fingerprint density at radius 1 is 1.24 bits per heavy atom. The van der Waals surface area contributed by atoms with E-state index in [2.05, 4.69) is 10.6 Å². The first-order chi connectivity index (χ1) is 9.88. The van der Waals surface area contributed by atoms with Crippen molar-refractivity contribution in [3.63, 3.8) is 0 Å². The third kappa shape index (κ3) is 4.41. The largest absolute Gasteiger partial charge is 0.354 e. The van der Waals surface area contributed by atoms with E-state index in [1.165, 1.54) is 10.6 Å². The minimum Gasteiger partial charge on any atom is -0.354 e. The molecule has 0 aliphatic carbocycles. The molecule has 2 fully saturated rings. The van der Waals surface area contributed by atoms with Gasteiger partial charge in [0.25, 0.3) is 0 Å². The van der Waals surface area contributed by atoms with Crippen LogP contribution in [-0.2, 0) is 19.6 Å². The molecular formula is C13H23N3O4S. The minimum atomic E-state index is -3.18. The van der Waals surface area contributed by atoms with Crippen molar-refractivity contribution in [1.82, 2.24) is 14.9 Å². The van der Waals surface area contributed by atoms with Gasteiger partial charge in [0.2, 0.25) is 21.8 Å². The number of nitrogens with zero attached hydrogens (tertiary/aromatic N) is 1. The van der Waals surface area contributed by atoms with Crippen LogP contribution in [0.5, 0.6) is 0 Å². The second-order valence-electron chi connectivity index (χ2n) is 5.78. The zero-order valence-electron chi connectivity index (χ0n) is 12.3. The lowest BCUT2D eigenvalue weighted by Gasteiger charge is -2.30. The van der Waals surface area contributed by atoms with Crippen LogP contribution in [0.1, 0.15) is 32.1 Å². The lowest BCUT2D eigenvalue weighted by molar-refractivity contribution is -0.131. The summed E-state index contributed by atoms with van der Waals surface area (Å²) in [5.41, 5.74) is 0. The van der Waals surface area contributed by atoms with Gasteiger partial charge in [0, 0.05) is 25.6 Å². The molecule has 1 atom stereocenters. The predicted molar refractivity (Wildman–Crippen MR) is 77.9 cm³/mol. The maximum absolute atomic E-state index is 12.2. The molecular weight excluding hydrogens is 294 g/mol. The molecule has 120 valence electrons. The van der Waals surface area contributed by atoms with Gasteiger partial charge in [0.1, 0.15) is 6.04 Å². The highest BCUT2D eigenvalue weighted by Crippen LogP contribution is 2.19. The Labute approximate surface area is 125 Å². The lowest BCUT2D eigenvalue weighted by Crippen LogP contribution is -2.49. The number of nitrogens with one attached hydrogen (secondary N) is 2. The predicted octanol–water partition coefficient (Wildman–Crippen LogP) is -0.557. The Morgan fingerprint density at radius 3 is 2.52 bits per heavy atom. The number of rotatable bonds is 3. The van der Waals surface area contributed by atoms with Crippen molar-refractivity contribution in [2.24, 2.45) is 5.92 Å². The number of amides is 2. The van der Waals surface area contributed by atoms with E-state index in [9.17, 15) is 18.0 Å². The van der Waals surface area contributed by atoms with E-state index in [1.54, 1.807) is 0 Å². The second kappa shape index (κ2) is 6.74. The molecule has 2 rings (SSSR count). The van der Waals surface area contributed by atoms with E-state index in [0.29, 0.717) is 38.9 Å². The molecule has 7 nitrogen and oxygen atoms in total. The fourth-order valence-corrected chi connectivity index (χ4v) is 3.69. The van der Waals surface area contributed by atoms with Crippen molar-refractivity contribution in [2.75, 3.05) is 25.9 Å². The summed E-state index contributed by atoms with van der Waals surface area (Å²) >= 11 is 0. The molecule has 0 bridgehead atoms. The Morgan fingerprint density at radius 2 is 1.90 bits per heavy atom. The molecule has 2 heterocycles. The highest BCUT2D eigenvalue weighted by atomic mass is 32.2. The summed E-state index contributed by atoms with van der Waals surface area (Å²) < 4.78 is 24.3. The van der Waals surface area contributed by atoms with Gasteiger partial charge in [-0.3, -0.25) is 9.59 Å². The highest BCUT2D eigenvalue weighted by Gasteiger charge is 2.31. The first kappa shape index (κ1) is 16.2. The molecule has 0 spiro atoms. The van der Waals surface area contributed by atoms with E-state index < -0.39 is 16.1 Å². The van der Waals surface area contributed by atoms with Crippen LogP contribution in [0.15, 0.2) is 0 Å². The first-order valence-electron chi connectivity index (χ1n) is 7.41. The average molecular weight is 317 g/mol. The van der Waals surface area contributed by atoms with E-state index in [0.717, 1.165) is 12.8 Å². The molecule has 8 heteroatoms. The van der Waals surface area contributed by atoms with Gasteiger partial charge in [-0.25, -0.2) is 12.7 Å². The fourth-order valence-electron chi connectivity index (χ4n) is 2.82. The quantitative estimate of drug-likeness (QED) is 0.729. The Kier molecular flexibility index (Phi) is 5.21. The fraction of sp³-hybridized carbons (Fsp3) is 0.846. The Hall–Kier alpha value is -1.15. The smallest absolute Gasteiger partial charge is 0.242 e. The third-order valence-corrected chi connectivity index (χ3v) is 5.45. The van der Waals surface area contributed by atoms with Crippen LogP contribution in [-0.4, -0.2) is 56.5 Å². The van der Waals surface area contributed by atoms with Gasteiger partial charge < -0.3 is 10.6 Å². The first-order valence-corrected chi connectivity index (χ1v) is 9.26. The minimum absolute atomic E-state index is 0.116. The zero-order chi connectivity index (χ0) is 15.5. The second-order valence-corrected chi connectivity index (χ2v) is 7.77. The molecule has 2 saturated heterocycles. The molecule has 0 aromatic carbocycles. The summed E-state index contributed by atoms with van der Waals surface area (Å²) in [6.45, 7) is 1.40. The van der Waals surface area contributed by atoms with Crippen LogP contribution < -0.4 is 10.6 Å². The van der Waals surface area contributed by atoms with Crippen molar-refractivity contribution < 1.29 is 18.0 Å². The zero-order valence-corrected chi connectivity index (χ0v) is 13.1. The number of sulfonamides is 1. The van der Waals surface area contributed by atoms with Gasteiger partial charge in [0.05, 0.1) is 6.26 Å². The van der Waals surface area contributed by atoms with Gasteiger partial charge in [-0.2, -0.15) is 0 Å². The lowest BCUT2D eigenvalue weighted by atomic mass is 9.96. The number of carbonyl (C=O) groups excluding carboxylic acids is 2. The molecule has 21 heavy (non-hydrogen) atoms. The summed E-state index contributed by atoms with van der Waals surface area (Å²) in [5, 5.41) is 5.60. The normalized spacial score (nSPS) is 26.0. The standard InChI is InChI=1S/C13H23N3O4S/c1-21(19,20)16-8-5-10(6-9-16)12(17)15-11-4-2-3-7-14-13(11)18/h10-11H,2-9H2,1H3,(H,14,18)(H,15,17)/t11-/m0/s1. The van der Waals surface area contributed by atoms with E-state index >= 15 is 0 Å². The molecule has 0 aromatic heterocycles. The van der Waals surface area contributed by atoms with Crippen molar-refractivity contribution in [1.29, 1.82) is 0 Å². The maximum Gasteiger partial charge on any atom is 0.242 e. The van der Waals surface area contributed by atoms with Gasteiger partial charge in [-0.05, 0) is 32.1 Å². The summed E-state index contributed by atoms with van der Waals surface area (Å²) in [7, 11) is -3.18. The summed E-state index contributed by atoms with van der Waals surface area (Å²) in [6, 6.07) is -0.451. The van der Waals surface area contributed by atoms with Crippen LogP contribution in [0.2, 0.25) is 0 Å². The van der Waals surface area contributed by atoms with Crippen molar-refractivity contribution >= 4 is 21.8 Å². The summed E-state index contributed by atoms with van der Waals surface area (Å²) in [4.78, 5) is 24.0. The van der Waals surface area contributed by atoms with Crippen molar-refractivity contribution in [2.45, 2.75) is 38.1 Å². The Balaban J connectivity index is 1.86. The van der Waals surface area contributed by atoms with E-state index in [-0.39, 0.29) is 17.7 Å². The molecule has 0 unspecified atom stereocenters. The third-order valence-electron chi connectivity index (χ3n) is 4.15. The molecule has 2 aliphatic rings. The van der Waals surface area contributed by atoms with Crippen LogP contribution in [0.4, 0.5) is 0 Å². The van der Waals surface area contributed by atoms with Gasteiger partial charge in [0.15, 0.2) is 0 Å². The van der Waals surface area contributed by atoms with Gasteiger partial charge in [-0.15, -0.1) is 0 Å². The van der Waals surface area contributed by atoms with Crippen molar-refractivity contribution in [3.05, 3.63) is 0 Å². The number of hydrogen-bond acceptors (Lipinski definition) is 4. The monoisotopic (exact) mass is 317 g/mol. The van der Waals surface area contributed by atoms with Crippen LogP contribution >= 0.6 is 0 Å². The molecule has 2 aliphatic heterocycles. The summed E-state index contributed by atoms with van der Waals surface area (Å²) in [5.74, 6) is -0.460. The highest BCUT2D eigenvalue weighted by molar-refractivity contribution is 7.88. The number of piperidine rings is 1. The molecule has 0 aromatic rings.